The van der Waals surface area contributed by atoms with Crippen LogP contribution < -0.4 is 5.73 Å². The average molecular weight is 133 g/mol. The SMILES string of the molecule is NCC/C=C(\F)C(=O)O. The molecule has 52 valence electrons. The summed E-state index contributed by atoms with van der Waals surface area (Å²) < 4.78 is 11.9. The van der Waals surface area contributed by atoms with Crippen LogP contribution in [0.3, 0.4) is 0 Å². The minimum Gasteiger partial charge on any atom is -0.476 e. The molecule has 0 aliphatic rings. The second-order valence-electron chi connectivity index (χ2n) is 1.43. The average Bonchev–Trinajstić information content (AvgIpc) is 1.82. The van der Waals surface area contributed by atoms with Crippen molar-refractivity contribution in [3.05, 3.63) is 11.9 Å². The fourth-order valence-corrected chi connectivity index (χ4v) is 0.297. The number of halogens is 1. The molecular weight excluding hydrogens is 125 g/mol. The van der Waals surface area contributed by atoms with Crippen LogP contribution in [0.25, 0.3) is 0 Å². The van der Waals surface area contributed by atoms with E-state index >= 15 is 0 Å². The van der Waals surface area contributed by atoms with Crippen molar-refractivity contribution in [2.45, 2.75) is 6.42 Å². The van der Waals surface area contributed by atoms with Crippen molar-refractivity contribution in [3.8, 4) is 0 Å². The zero-order valence-corrected chi connectivity index (χ0v) is 4.80. The van der Waals surface area contributed by atoms with Crippen molar-refractivity contribution in [2.24, 2.45) is 5.73 Å². The van der Waals surface area contributed by atoms with Crippen LogP contribution in [0.4, 0.5) is 4.39 Å². The minimum atomic E-state index is -1.54. The molecule has 0 unspecified atom stereocenters. The number of carboxylic acid groups (broad SMARTS) is 1. The van der Waals surface area contributed by atoms with Gasteiger partial charge in [0.2, 0.25) is 5.83 Å². The van der Waals surface area contributed by atoms with Crippen LogP contribution in [0.1, 0.15) is 6.42 Å². The number of aliphatic carboxylic acids is 1. The highest BCUT2D eigenvalue weighted by molar-refractivity contribution is 5.83. The van der Waals surface area contributed by atoms with Crippen molar-refractivity contribution < 1.29 is 14.3 Å². The second kappa shape index (κ2) is 4.03. The van der Waals surface area contributed by atoms with Crippen molar-refractivity contribution >= 4 is 5.97 Å². The first-order valence-corrected chi connectivity index (χ1v) is 2.47. The Balaban J connectivity index is 3.69. The molecule has 3 nitrogen and oxygen atoms in total. The van der Waals surface area contributed by atoms with Gasteiger partial charge < -0.3 is 10.8 Å². The van der Waals surface area contributed by atoms with E-state index in [1.54, 1.807) is 0 Å². The summed E-state index contributed by atoms with van der Waals surface area (Å²) >= 11 is 0. The predicted molar refractivity (Wildman–Crippen MR) is 30.5 cm³/mol. The van der Waals surface area contributed by atoms with Gasteiger partial charge in [-0.1, -0.05) is 0 Å². The highest BCUT2D eigenvalue weighted by Gasteiger charge is 2.01. The Kier molecular flexibility index (Phi) is 3.62. The quantitative estimate of drug-likeness (QED) is 0.543. The molecule has 4 heteroatoms. The zero-order valence-electron chi connectivity index (χ0n) is 4.80. The molecule has 0 saturated heterocycles. The number of rotatable bonds is 3. The standard InChI is InChI=1S/C5H8FNO2/c6-4(5(8)9)2-1-3-7/h2H,1,3,7H2,(H,8,9)/b4-2-. The summed E-state index contributed by atoms with van der Waals surface area (Å²) in [4.78, 5) is 9.72. The Bertz CT molecular complexity index is 133. The lowest BCUT2D eigenvalue weighted by atomic mass is 10.3. The highest BCUT2D eigenvalue weighted by atomic mass is 19.1. The highest BCUT2D eigenvalue weighted by Crippen LogP contribution is 1.96. The van der Waals surface area contributed by atoms with Crippen LogP contribution >= 0.6 is 0 Å². The summed E-state index contributed by atoms with van der Waals surface area (Å²) in [6.07, 6.45) is 1.21. The van der Waals surface area contributed by atoms with E-state index in [9.17, 15) is 9.18 Å². The molecule has 0 rings (SSSR count). The molecule has 0 aromatic heterocycles. The topological polar surface area (TPSA) is 63.3 Å². The van der Waals surface area contributed by atoms with E-state index in [0.717, 1.165) is 6.08 Å². The molecule has 0 spiro atoms. The van der Waals surface area contributed by atoms with E-state index in [0.29, 0.717) is 0 Å². The molecule has 0 atom stereocenters. The summed E-state index contributed by atoms with van der Waals surface area (Å²) in [7, 11) is 0. The molecule has 0 saturated carbocycles. The van der Waals surface area contributed by atoms with Crippen LogP contribution in [0.5, 0.6) is 0 Å². The van der Waals surface area contributed by atoms with Crippen LogP contribution in [-0.4, -0.2) is 17.6 Å². The first-order valence-electron chi connectivity index (χ1n) is 2.47. The normalized spacial score (nSPS) is 11.6. The second-order valence-corrected chi connectivity index (χ2v) is 1.43. The van der Waals surface area contributed by atoms with Gasteiger partial charge in [0, 0.05) is 0 Å². The third-order valence-electron chi connectivity index (χ3n) is 0.695. The molecule has 3 N–H and O–H groups in total. The molecule has 0 aliphatic carbocycles. The minimum absolute atomic E-state index is 0.262. The number of hydrogen-bond acceptors (Lipinski definition) is 2. The maximum absolute atomic E-state index is 11.9. The lowest BCUT2D eigenvalue weighted by Gasteiger charge is -1.85. The largest absolute Gasteiger partial charge is 0.476 e. The van der Waals surface area contributed by atoms with Crippen LogP contribution in [0.15, 0.2) is 11.9 Å². The van der Waals surface area contributed by atoms with E-state index in [2.05, 4.69) is 0 Å². The molecular formula is C5H8FNO2. The number of carbonyl (C=O) groups is 1. The van der Waals surface area contributed by atoms with Crippen molar-refractivity contribution in [2.75, 3.05) is 6.54 Å². The maximum Gasteiger partial charge on any atom is 0.364 e. The Morgan fingerprint density at radius 2 is 2.33 bits per heavy atom. The maximum atomic E-state index is 11.9. The van der Waals surface area contributed by atoms with Gasteiger partial charge in [-0.15, -0.1) is 0 Å². The number of hydrogen-bond donors (Lipinski definition) is 2. The number of nitrogens with two attached hydrogens (primary N) is 1. The Morgan fingerprint density at radius 3 is 2.67 bits per heavy atom. The molecule has 0 heterocycles. The lowest BCUT2D eigenvalue weighted by Crippen LogP contribution is -1.99. The first kappa shape index (κ1) is 8.10. The molecule has 0 amide bonds. The van der Waals surface area contributed by atoms with Crippen molar-refractivity contribution in [1.29, 1.82) is 0 Å². The Hall–Kier alpha value is -0.900. The summed E-state index contributed by atoms with van der Waals surface area (Å²) in [5.74, 6) is -2.68. The third-order valence-corrected chi connectivity index (χ3v) is 0.695. The molecule has 0 fully saturated rings. The molecule has 0 aliphatic heterocycles. The van der Waals surface area contributed by atoms with Gasteiger partial charge in [0.05, 0.1) is 0 Å². The fraction of sp³-hybridized carbons (Fsp3) is 0.400. The Labute approximate surface area is 52.0 Å². The molecule has 0 radical (unpaired) electrons. The molecule has 0 aromatic rings. The van der Waals surface area contributed by atoms with Gasteiger partial charge in [-0.3, -0.25) is 0 Å². The van der Waals surface area contributed by atoms with E-state index in [4.69, 9.17) is 10.8 Å². The van der Waals surface area contributed by atoms with Gasteiger partial charge in [-0.2, -0.15) is 4.39 Å². The van der Waals surface area contributed by atoms with Crippen molar-refractivity contribution in [1.82, 2.24) is 0 Å². The number of carboxylic acids is 1. The van der Waals surface area contributed by atoms with Gasteiger partial charge in [0.25, 0.3) is 0 Å². The van der Waals surface area contributed by atoms with Gasteiger partial charge in [0.1, 0.15) is 0 Å². The molecule has 0 bridgehead atoms. The van der Waals surface area contributed by atoms with Gasteiger partial charge in [0.15, 0.2) is 0 Å². The van der Waals surface area contributed by atoms with Crippen LogP contribution in [-0.2, 0) is 4.79 Å². The van der Waals surface area contributed by atoms with Gasteiger partial charge in [-0.05, 0) is 19.0 Å². The predicted octanol–water partition coefficient (Wildman–Crippen LogP) is 0.273. The first-order chi connectivity index (χ1) is 4.18. The van der Waals surface area contributed by atoms with E-state index in [-0.39, 0.29) is 13.0 Å². The van der Waals surface area contributed by atoms with E-state index < -0.39 is 11.8 Å². The Morgan fingerprint density at radius 1 is 1.78 bits per heavy atom. The van der Waals surface area contributed by atoms with Crippen LogP contribution in [0, 0.1) is 0 Å². The summed E-state index contributed by atoms with van der Waals surface area (Å²) in [6, 6.07) is 0. The zero-order chi connectivity index (χ0) is 7.28. The van der Waals surface area contributed by atoms with E-state index in [1.807, 2.05) is 0 Å². The summed E-state index contributed by atoms with van der Waals surface area (Å²) in [6.45, 7) is 0.265. The molecule has 9 heavy (non-hydrogen) atoms. The summed E-state index contributed by atoms with van der Waals surface area (Å²) in [5, 5.41) is 7.92. The van der Waals surface area contributed by atoms with Crippen molar-refractivity contribution in [3.63, 3.8) is 0 Å². The summed E-state index contributed by atoms with van der Waals surface area (Å²) in [5.41, 5.74) is 4.97. The van der Waals surface area contributed by atoms with E-state index in [1.165, 1.54) is 0 Å². The fourth-order valence-electron chi connectivity index (χ4n) is 0.297. The monoisotopic (exact) mass is 133 g/mol. The lowest BCUT2D eigenvalue weighted by molar-refractivity contribution is -0.134. The third kappa shape index (κ3) is 3.66. The van der Waals surface area contributed by atoms with Crippen LogP contribution in [0.2, 0.25) is 0 Å². The smallest absolute Gasteiger partial charge is 0.364 e. The van der Waals surface area contributed by atoms with Gasteiger partial charge in [-0.25, -0.2) is 4.79 Å². The van der Waals surface area contributed by atoms with Gasteiger partial charge >= 0.3 is 5.97 Å². The molecule has 0 aromatic carbocycles.